The molecule has 1 heterocycles. The monoisotopic (exact) mass is 2010 g/mol. The fourth-order valence-corrected chi connectivity index (χ4v) is 14.0. The number of guanidine groups is 2. The van der Waals surface area contributed by atoms with Crippen molar-refractivity contribution in [2.75, 3.05) is 72.1 Å². The third-order valence-corrected chi connectivity index (χ3v) is 21.9. The summed E-state index contributed by atoms with van der Waals surface area (Å²) in [6.45, 7) is 6.06. The maximum atomic E-state index is 14.6. The summed E-state index contributed by atoms with van der Waals surface area (Å²) in [6.07, 6.45) is -2.86. The van der Waals surface area contributed by atoms with Gasteiger partial charge in [-0.1, -0.05) is 13.8 Å². The van der Waals surface area contributed by atoms with Gasteiger partial charge in [-0.15, -0.1) is 0 Å². The number of rotatable bonds is 72. The minimum Gasteiger partial charge on any atom is -0.480 e. The number of carbonyl (C=O) groups is 21. The van der Waals surface area contributed by atoms with Gasteiger partial charge in [-0.05, 0) is 202 Å². The number of aliphatic hydroxyl groups excluding tert-OH is 4. The Labute approximate surface area is 816 Å². The molecule has 0 saturated carbocycles. The third kappa shape index (κ3) is 50.1. The smallest absolute Gasteiger partial charge is 0.326 e. The molecule has 800 valence electrons. The van der Waals surface area contributed by atoms with Crippen LogP contribution in [0, 0.1) is 16.7 Å². The predicted octanol–water partition coefficient (Wildman–Crippen LogP) is -14.7. The summed E-state index contributed by atoms with van der Waals surface area (Å²) in [6, 6.07) is -26.0. The molecule has 141 heavy (non-hydrogen) atoms. The summed E-state index contributed by atoms with van der Waals surface area (Å²) < 4.78 is 0. The van der Waals surface area contributed by atoms with Gasteiger partial charge in [0.1, 0.15) is 96.7 Å². The number of hydrogen-bond donors (Lipinski definition) is 35. The number of nitrogens with zero attached hydrogens (tertiary/aromatic N) is 1. The Morgan fingerprint density at radius 3 is 1.11 bits per heavy atom. The van der Waals surface area contributed by atoms with E-state index in [4.69, 9.17) is 62.4 Å². The summed E-state index contributed by atoms with van der Waals surface area (Å²) in [5.74, 6) is -22.3. The van der Waals surface area contributed by atoms with Gasteiger partial charge in [0.25, 0.3) is 0 Å². The van der Waals surface area contributed by atoms with Crippen molar-refractivity contribution in [1.29, 1.82) is 10.8 Å². The first-order valence-corrected chi connectivity index (χ1v) is 46.9. The Morgan fingerprint density at radius 1 is 0.348 bits per heavy atom. The number of aliphatic carboxylic acids is 1. The molecular weight excluding hydrogens is 1860 g/mol. The van der Waals surface area contributed by atoms with Gasteiger partial charge in [0.2, 0.25) is 118 Å². The van der Waals surface area contributed by atoms with Gasteiger partial charge in [0, 0.05) is 32.5 Å². The van der Waals surface area contributed by atoms with Crippen LogP contribution in [0.2, 0.25) is 0 Å². The first kappa shape index (κ1) is 126. The Hall–Kier alpha value is -12.9. The summed E-state index contributed by atoms with van der Waals surface area (Å²) in [5, 5.41) is 112. The molecule has 1 aliphatic heterocycles. The van der Waals surface area contributed by atoms with Gasteiger partial charge in [-0.2, -0.15) is 0 Å². The molecule has 44 N–H and O–H groups in total. The molecular formula is C84H153N31O26. The predicted molar refractivity (Wildman–Crippen MR) is 506 cm³/mol. The number of amides is 20. The van der Waals surface area contributed by atoms with E-state index in [1.807, 2.05) is 0 Å². The molecule has 1 aliphatic rings. The van der Waals surface area contributed by atoms with E-state index in [0.717, 1.165) is 18.7 Å². The molecule has 0 aromatic heterocycles. The molecule has 19 unspecified atom stereocenters. The van der Waals surface area contributed by atoms with Gasteiger partial charge in [-0.25, -0.2) is 4.79 Å². The van der Waals surface area contributed by atoms with E-state index < -0.39 is 290 Å². The van der Waals surface area contributed by atoms with Crippen molar-refractivity contribution >= 4 is 136 Å². The SMILES string of the molecule is CC(C)CC(NC(=O)C(CCC(N)=O)NC(=O)C(CCCCN)NC(=O)C(CCCNC(=N)N)NC(=O)C1CCCN1C(=O)C(C)NC(=O)C(CCCCN)NC(=O)CNC(=O)CNC(=O)C(NC(=O)C(CO)NC(=O)C(CCCCN)NC(=O)C(CCCNC(=N)N)NC(=O)C(C)NC(=O)C(NC(=O)C(N)CCC(N)=O)C(C)O)C(C)O)C(=O)NC(C)C(=O)NC(CO)C(=O)NC(CCCCN)C(=O)O. The van der Waals surface area contributed by atoms with E-state index in [0.29, 0.717) is 32.1 Å². The lowest BCUT2D eigenvalue weighted by atomic mass is 10.0. The Bertz CT molecular complexity index is 4150. The van der Waals surface area contributed by atoms with Crippen molar-refractivity contribution in [1.82, 2.24) is 106 Å². The van der Waals surface area contributed by atoms with Gasteiger partial charge in [0.05, 0.1) is 44.6 Å². The molecule has 1 rings (SSSR count). The summed E-state index contributed by atoms with van der Waals surface area (Å²) in [5.41, 5.74) is 50.2. The molecule has 20 amide bonds. The number of carbonyl (C=O) groups excluding carboxylic acids is 20. The molecule has 57 heteroatoms. The van der Waals surface area contributed by atoms with Crippen LogP contribution in [0.3, 0.4) is 0 Å². The molecule has 1 saturated heterocycles. The first-order valence-electron chi connectivity index (χ1n) is 46.9. The lowest BCUT2D eigenvalue weighted by molar-refractivity contribution is -0.143. The number of aliphatic hydroxyl groups is 4. The zero-order valence-corrected chi connectivity index (χ0v) is 81.0. The van der Waals surface area contributed by atoms with E-state index in [-0.39, 0.29) is 154 Å². The molecule has 0 spiro atoms. The number of carboxylic acid groups (broad SMARTS) is 1. The van der Waals surface area contributed by atoms with Crippen LogP contribution in [0.25, 0.3) is 0 Å². The van der Waals surface area contributed by atoms with Crippen molar-refractivity contribution < 1.29 is 126 Å². The normalized spacial score (nSPS) is 16.0. The number of carboxylic acids is 1. The molecule has 0 aromatic carbocycles. The summed E-state index contributed by atoms with van der Waals surface area (Å²) in [7, 11) is 0. The van der Waals surface area contributed by atoms with E-state index in [1.165, 1.54) is 20.8 Å². The zero-order valence-electron chi connectivity index (χ0n) is 81.0. The topological polar surface area (TPSA) is 973 Å². The van der Waals surface area contributed by atoms with Crippen LogP contribution in [-0.2, 0) is 101 Å². The lowest BCUT2D eigenvalue weighted by Crippen LogP contribution is -2.61. The third-order valence-electron chi connectivity index (χ3n) is 21.9. The maximum Gasteiger partial charge on any atom is 0.326 e. The second-order valence-corrected chi connectivity index (χ2v) is 34.6. The fraction of sp³-hybridized carbons (Fsp3) is 0.726. The second kappa shape index (κ2) is 68.2. The van der Waals surface area contributed by atoms with E-state index >= 15 is 0 Å². The van der Waals surface area contributed by atoms with E-state index in [2.05, 4.69) is 101 Å². The van der Waals surface area contributed by atoms with Crippen LogP contribution in [0.15, 0.2) is 0 Å². The van der Waals surface area contributed by atoms with Crippen molar-refractivity contribution in [2.24, 2.45) is 57.5 Å². The quantitative estimate of drug-likeness (QED) is 0.0153. The highest BCUT2D eigenvalue weighted by atomic mass is 16.4. The van der Waals surface area contributed by atoms with Crippen LogP contribution < -0.4 is 153 Å². The number of likely N-dealkylation sites (tertiary alicyclic amines) is 1. The number of nitrogens with one attached hydrogen (secondary N) is 21. The van der Waals surface area contributed by atoms with E-state index in [1.54, 1.807) is 13.8 Å². The van der Waals surface area contributed by atoms with Crippen LogP contribution in [-0.4, -0.2) is 354 Å². The Kier molecular flexibility index (Phi) is 61.0. The number of nitrogens with two attached hydrogens (primary N) is 9. The number of primary amides is 2. The van der Waals surface area contributed by atoms with E-state index in [9.17, 15) is 126 Å². The Morgan fingerprint density at radius 2 is 0.681 bits per heavy atom. The zero-order chi connectivity index (χ0) is 107. The molecule has 0 aliphatic carbocycles. The average molecular weight is 2010 g/mol. The van der Waals surface area contributed by atoms with Crippen LogP contribution in [0.1, 0.15) is 196 Å². The minimum absolute atomic E-state index is 0.00184. The molecule has 0 radical (unpaired) electrons. The minimum atomic E-state index is -1.91. The van der Waals surface area contributed by atoms with Crippen molar-refractivity contribution in [3.63, 3.8) is 0 Å². The fourth-order valence-electron chi connectivity index (χ4n) is 14.0. The van der Waals surface area contributed by atoms with Crippen molar-refractivity contribution in [2.45, 2.75) is 311 Å². The second-order valence-electron chi connectivity index (χ2n) is 34.6. The summed E-state index contributed by atoms with van der Waals surface area (Å²) in [4.78, 5) is 285. The average Bonchev–Trinajstić information content (AvgIpc) is 1.69. The van der Waals surface area contributed by atoms with Crippen LogP contribution in [0.5, 0.6) is 0 Å². The maximum absolute atomic E-state index is 14.6. The molecule has 0 aromatic rings. The number of unbranched alkanes of at least 4 members (excludes halogenated alkanes) is 4. The first-order chi connectivity index (χ1) is 66.4. The summed E-state index contributed by atoms with van der Waals surface area (Å²) >= 11 is 0. The molecule has 57 nitrogen and oxygen atoms in total. The van der Waals surface area contributed by atoms with Gasteiger partial charge < -0.3 is 183 Å². The number of hydrogen-bond acceptors (Lipinski definition) is 32. The largest absolute Gasteiger partial charge is 0.480 e. The van der Waals surface area contributed by atoms with Gasteiger partial charge in [0.15, 0.2) is 11.9 Å². The van der Waals surface area contributed by atoms with Gasteiger partial charge >= 0.3 is 5.97 Å². The highest BCUT2D eigenvalue weighted by molar-refractivity contribution is 6.02. The standard InChI is InChI=1S/C84H153N31O26/c1-42(2)37-56(75(133)100-43(3)67(125)111-57(40-116)76(134)109-55(82(140)141)22-11-15-33-88)110-74(132)54(27-29-61(91)121)107-70(128)50(20-9-13-31-86)105-72(130)53(24-17-35-97-84(94)95)108-78(136)59-25-18-36-115(59)81(139)45(5)102-69(127)49(19-8-12-30-85)103-63(123)39-98-62(122)38-99-79(137)64(46(6)118)114-77(135)58(41-117)112-73(131)51(21-10-14-32-87)106-71(129)52(23-16-34-96-83(92)93)104-66(124)44(4)101-80(138)65(47(7)119)113-68(126)48(89)26-28-60(90)120/h42-59,64-65,116-119H,8-41,85-89H2,1-7H3,(H2,90,120)(H2,91,121)(H,98,122)(H,99,137)(H,100,133)(H,101,138)(H,102,127)(H,103,123)(H,104,124)(H,105,130)(H,106,129)(H,107,128)(H,108,136)(H,109,134)(H,110,132)(H,111,125)(H,112,131)(H,113,126)(H,114,135)(H,140,141)(H4,92,93,96)(H4,94,95,97). The molecule has 0 bridgehead atoms. The van der Waals surface area contributed by atoms with Crippen molar-refractivity contribution in [3.05, 3.63) is 0 Å². The Balaban J connectivity index is 3.39. The lowest BCUT2D eigenvalue weighted by Gasteiger charge is -2.30. The highest BCUT2D eigenvalue weighted by Gasteiger charge is 2.42. The van der Waals surface area contributed by atoms with Gasteiger partial charge in [-0.3, -0.25) is 107 Å². The van der Waals surface area contributed by atoms with Crippen LogP contribution >= 0.6 is 0 Å². The van der Waals surface area contributed by atoms with Crippen LogP contribution in [0.4, 0.5) is 0 Å². The molecule has 19 atom stereocenters. The van der Waals surface area contributed by atoms with Crippen molar-refractivity contribution in [3.8, 4) is 0 Å². The highest BCUT2D eigenvalue weighted by Crippen LogP contribution is 2.21. The molecule has 1 fully saturated rings.